The molecule has 2 amide bonds. The molecule has 0 aliphatic carbocycles. The van der Waals surface area contributed by atoms with Gasteiger partial charge in [-0.1, -0.05) is 18.2 Å². The topological polar surface area (TPSA) is 63.1 Å². The van der Waals surface area contributed by atoms with Gasteiger partial charge in [-0.2, -0.15) is 0 Å². The predicted molar refractivity (Wildman–Crippen MR) is 90.7 cm³/mol. The molecule has 0 saturated carbocycles. The summed E-state index contributed by atoms with van der Waals surface area (Å²) in [5, 5.41) is 6.02. The van der Waals surface area contributed by atoms with Crippen LogP contribution in [0.1, 0.15) is 20.8 Å². The lowest BCUT2D eigenvalue weighted by atomic mass is 10.1. The second kappa shape index (κ2) is 6.16. The molecule has 0 fully saturated rings. The Morgan fingerprint density at radius 3 is 2.50 bits per heavy atom. The van der Waals surface area contributed by atoms with Crippen LogP contribution in [-0.2, 0) is 7.05 Å². The average molecular weight is 325 g/mol. The van der Waals surface area contributed by atoms with Crippen molar-refractivity contribution in [2.45, 2.75) is 0 Å². The van der Waals surface area contributed by atoms with E-state index in [0.717, 1.165) is 17.0 Å². The smallest absolute Gasteiger partial charge is 0.272 e. The van der Waals surface area contributed by atoms with Gasteiger partial charge in [0.1, 0.15) is 11.5 Å². The highest BCUT2D eigenvalue weighted by Crippen LogP contribution is 2.20. The third-order valence-corrected chi connectivity index (χ3v) is 3.88. The number of carbonyl (C=O) groups is 2. The number of aromatic nitrogens is 1. The van der Waals surface area contributed by atoms with E-state index in [1.165, 1.54) is 19.2 Å². The van der Waals surface area contributed by atoms with Gasteiger partial charge >= 0.3 is 0 Å². The summed E-state index contributed by atoms with van der Waals surface area (Å²) in [6.07, 6.45) is 0. The van der Waals surface area contributed by atoms with Crippen LogP contribution in [0.3, 0.4) is 0 Å². The number of hydrogen-bond acceptors (Lipinski definition) is 2. The minimum Gasteiger partial charge on any atom is -0.355 e. The molecule has 0 bridgehead atoms. The largest absolute Gasteiger partial charge is 0.355 e. The number of anilines is 1. The van der Waals surface area contributed by atoms with E-state index in [0.29, 0.717) is 11.4 Å². The summed E-state index contributed by atoms with van der Waals surface area (Å²) in [6.45, 7) is 0. The normalized spacial score (nSPS) is 10.6. The van der Waals surface area contributed by atoms with Gasteiger partial charge in [-0.25, -0.2) is 4.39 Å². The van der Waals surface area contributed by atoms with Crippen LogP contribution in [-0.4, -0.2) is 23.4 Å². The van der Waals surface area contributed by atoms with Gasteiger partial charge in [0.2, 0.25) is 0 Å². The van der Waals surface area contributed by atoms with E-state index >= 15 is 0 Å². The maximum atomic E-state index is 13.7. The molecule has 1 heterocycles. The standard InChI is InChI=1S/C18H16FN3O2/c1-20-17(23)13-10-12(7-8-14(13)19)21-18(24)16-9-11-5-3-4-6-15(11)22(16)2/h3-10H,1-2H3,(H,20,23)(H,21,24). The van der Waals surface area contributed by atoms with E-state index in [1.54, 1.807) is 17.7 Å². The second-order valence-electron chi connectivity index (χ2n) is 5.38. The zero-order valence-electron chi connectivity index (χ0n) is 13.3. The first-order chi connectivity index (χ1) is 11.5. The minimum atomic E-state index is -0.642. The molecule has 6 heteroatoms. The molecule has 2 N–H and O–H groups in total. The Bertz CT molecular complexity index is 947. The number of nitrogens with zero attached hydrogens (tertiary/aromatic N) is 1. The number of rotatable bonds is 3. The van der Waals surface area contributed by atoms with E-state index in [9.17, 15) is 14.0 Å². The van der Waals surface area contributed by atoms with Crippen molar-refractivity contribution in [3.8, 4) is 0 Å². The Kier molecular flexibility index (Phi) is 4.04. The van der Waals surface area contributed by atoms with Crippen molar-refractivity contribution in [1.82, 2.24) is 9.88 Å². The van der Waals surface area contributed by atoms with Gasteiger partial charge in [-0.3, -0.25) is 9.59 Å². The van der Waals surface area contributed by atoms with Crippen molar-refractivity contribution in [3.63, 3.8) is 0 Å². The molecular weight excluding hydrogens is 309 g/mol. The Morgan fingerprint density at radius 1 is 1.04 bits per heavy atom. The second-order valence-corrected chi connectivity index (χ2v) is 5.38. The molecule has 0 unspecified atom stereocenters. The van der Waals surface area contributed by atoms with E-state index in [2.05, 4.69) is 10.6 Å². The maximum absolute atomic E-state index is 13.7. The third kappa shape index (κ3) is 2.74. The van der Waals surface area contributed by atoms with Gasteiger partial charge < -0.3 is 15.2 Å². The summed E-state index contributed by atoms with van der Waals surface area (Å²) in [5.41, 5.74) is 1.65. The summed E-state index contributed by atoms with van der Waals surface area (Å²) >= 11 is 0. The molecule has 1 aromatic heterocycles. The molecule has 0 aliphatic heterocycles. The third-order valence-electron chi connectivity index (χ3n) is 3.88. The average Bonchev–Trinajstić information content (AvgIpc) is 2.93. The van der Waals surface area contributed by atoms with Gasteiger partial charge in [-0.15, -0.1) is 0 Å². The highest BCUT2D eigenvalue weighted by atomic mass is 19.1. The highest BCUT2D eigenvalue weighted by molar-refractivity contribution is 6.07. The molecule has 2 aromatic carbocycles. The van der Waals surface area contributed by atoms with Crippen molar-refractivity contribution < 1.29 is 14.0 Å². The molecule has 3 aromatic rings. The van der Waals surface area contributed by atoms with Crippen LogP contribution >= 0.6 is 0 Å². The van der Waals surface area contributed by atoms with E-state index in [1.807, 2.05) is 24.3 Å². The number of amides is 2. The number of para-hydroxylation sites is 1. The number of halogens is 1. The van der Waals surface area contributed by atoms with Crippen LogP contribution in [0.25, 0.3) is 10.9 Å². The lowest BCUT2D eigenvalue weighted by Crippen LogP contribution is -2.20. The fourth-order valence-electron chi connectivity index (χ4n) is 2.61. The van der Waals surface area contributed by atoms with Crippen LogP contribution in [0.4, 0.5) is 10.1 Å². The van der Waals surface area contributed by atoms with E-state index < -0.39 is 11.7 Å². The number of nitrogens with one attached hydrogen (secondary N) is 2. The van der Waals surface area contributed by atoms with Crippen LogP contribution in [0.2, 0.25) is 0 Å². The van der Waals surface area contributed by atoms with Gasteiger partial charge in [0.25, 0.3) is 11.8 Å². The lowest BCUT2D eigenvalue weighted by molar-refractivity contribution is 0.0957. The van der Waals surface area contributed by atoms with E-state index in [-0.39, 0.29) is 11.5 Å². The van der Waals surface area contributed by atoms with Gasteiger partial charge in [0.05, 0.1) is 5.56 Å². The van der Waals surface area contributed by atoms with Crippen molar-refractivity contribution >= 4 is 28.4 Å². The minimum absolute atomic E-state index is 0.118. The molecule has 5 nitrogen and oxygen atoms in total. The number of benzene rings is 2. The molecular formula is C18H16FN3O2. The van der Waals surface area contributed by atoms with Gasteiger partial charge in [0.15, 0.2) is 0 Å². The number of fused-ring (bicyclic) bond motifs is 1. The first-order valence-corrected chi connectivity index (χ1v) is 7.38. The van der Waals surface area contributed by atoms with Crippen molar-refractivity contribution in [2.24, 2.45) is 7.05 Å². The summed E-state index contributed by atoms with van der Waals surface area (Å²) in [7, 11) is 3.22. The Labute approximate surface area is 138 Å². The maximum Gasteiger partial charge on any atom is 0.272 e. The molecule has 0 radical (unpaired) electrons. The number of aryl methyl sites for hydroxylation is 1. The fraction of sp³-hybridized carbons (Fsp3) is 0.111. The summed E-state index contributed by atoms with van der Waals surface area (Å²) in [4.78, 5) is 24.2. The first-order valence-electron chi connectivity index (χ1n) is 7.38. The van der Waals surface area contributed by atoms with Crippen LogP contribution < -0.4 is 10.6 Å². The Morgan fingerprint density at radius 2 is 1.79 bits per heavy atom. The Hall–Kier alpha value is -3.15. The first kappa shape index (κ1) is 15.7. The monoisotopic (exact) mass is 325 g/mol. The molecule has 0 spiro atoms. The fourth-order valence-corrected chi connectivity index (χ4v) is 2.61. The van der Waals surface area contributed by atoms with Gasteiger partial charge in [0, 0.05) is 30.7 Å². The van der Waals surface area contributed by atoms with Crippen LogP contribution in [0.15, 0.2) is 48.5 Å². The molecule has 0 aliphatic rings. The molecule has 0 atom stereocenters. The quantitative estimate of drug-likeness (QED) is 0.778. The van der Waals surface area contributed by atoms with Crippen LogP contribution in [0.5, 0.6) is 0 Å². The summed E-state index contributed by atoms with van der Waals surface area (Å²) in [5.74, 6) is -1.52. The van der Waals surface area contributed by atoms with Crippen molar-refractivity contribution in [3.05, 3.63) is 65.6 Å². The lowest BCUT2D eigenvalue weighted by Gasteiger charge is -2.09. The number of hydrogen-bond donors (Lipinski definition) is 2. The summed E-state index contributed by atoms with van der Waals surface area (Å²) in [6, 6.07) is 13.3. The van der Waals surface area contributed by atoms with E-state index in [4.69, 9.17) is 0 Å². The Balaban J connectivity index is 1.92. The zero-order chi connectivity index (χ0) is 17.3. The zero-order valence-corrected chi connectivity index (χ0v) is 13.3. The molecule has 0 saturated heterocycles. The van der Waals surface area contributed by atoms with Crippen molar-refractivity contribution in [2.75, 3.05) is 12.4 Å². The van der Waals surface area contributed by atoms with Gasteiger partial charge in [-0.05, 0) is 30.3 Å². The molecule has 122 valence electrons. The van der Waals surface area contributed by atoms with Crippen molar-refractivity contribution in [1.29, 1.82) is 0 Å². The predicted octanol–water partition coefficient (Wildman–Crippen LogP) is 2.93. The van der Waals surface area contributed by atoms with Crippen LogP contribution in [0, 0.1) is 5.82 Å². The SMILES string of the molecule is CNC(=O)c1cc(NC(=O)c2cc3ccccc3n2C)ccc1F. The summed E-state index contributed by atoms with van der Waals surface area (Å²) < 4.78 is 15.5. The molecule has 24 heavy (non-hydrogen) atoms. The molecule has 3 rings (SSSR count). The highest BCUT2D eigenvalue weighted by Gasteiger charge is 2.15. The number of carbonyl (C=O) groups excluding carboxylic acids is 2.